The first-order chi connectivity index (χ1) is 22.5. The van der Waals surface area contributed by atoms with Crippen molar-refractivity contribution in [2.75, 3.05) is 20.0 Å². The van der Waals surface area contributed by atoms with E-state index in [1.54, 1.807) is 14.2 Å². The van der Waals surface area contributed by atoms with Crippen LogP contribution < -0.4 is 14.8 Å². The van der Waals surface area contributed by atoms with Gasteiger partial charge in [-0.25, -0.2) is 4.79 Å². The molecule has 1 unspecified atom stereocenters. The van der Waals surface area contributed by atoms with Gasteiger partial charge in [-0.3, -0.25) is 14.5 Å². The maximum absolute atomic E-state index is 14.3. The van der Waals surface area contributed by atoms with Gasteiger partial charge >= 0.3 is 5.97 Å². The molecule has 2 heterocycles. The molecule has 46 heavy (non-hydrogen) atoms. The number of benzene rings is 4. The lowest BCUT2D eigenvalue weighted by molar-refractivity contribution is -0.154. The summed E-state index contributed by atoms with van der Waals surface area (Å²) in [6.07, 6.45) is -0.203. The van der Waals surface area contributed by atoms with E-state index in [0.29, 0.717) is 23.7 Å². The standard InChI is InChI=1S/C37H34N2O6S/c1-43-29-18-19-30(44-2)27(22-29)21-28-23-46-36-32(38-31(40)20-24-12-6-3-7-13-24)35(41)39(36)33(28)37(42)45-34(25-14-8-4-9-15-25)26-16-10-5-11-17-26/h3-19,22,32,34,36H,20-21,23H2,1-2H3,(H,38,40)/t32?,36-/m1/s1. The Hall–Kier alpha value is -5.02. The van der Waals surface area contributed by atoms with E-state index in [1.807, 2.05) is 109 Å². The van der Waals surface area contributed by atoms with Crippen LogP contribution in [0.5, 0.6) is 11.5 Å². The van der Waals surface area contributed by atoms with E-state index < -0.39 is 23.5 Å². The van der Waals surface area contributed by atoms with Gasteiger partial charge in [0.2, 0.25) is 5.91 Å². The van der Waals surface area contributed by atoms with Gasteiger partial charge in [-0.2, -0.15) is 0 Å². The molecule has 1 N–H and O–H groups in total. The molecule has 2 amide bonds. The van der Waals surface area contributed by atoms with Crippen molar-refractivity contribution < 1.29 is 28.6 Å². The zero-order chi connectivity index (χ0) is 32.0. The van der Waals surface area contributed by atoms with E-state index in [-0.39, 0.29) is 23.9 Å². The summed E-state index contributed by atoms with van der Waals surface area (Å²) in [4.78, 5) is 42.5. The van der Waals surface area contributed by atoms with Crippen LogP contribution >= 0.6 is 11.8 Å². The second-order valence-electron chi connectivity index (χ2n) is 11.0. The van der Waals surface area contributed by atoms with E-state index >= 15 is 0 Å². The monoisotopic (exact) mass is 634 g/mol. The summed E-state index contributed by atoms with van der Waals surface area (Å²) in [5.74, 6) is 0.528. The minimum Gasteiger partial charge on any atom is -0.497 e. The Morgan fingerprint density at radius 2 is 1.50 bits per heavy atom. The number of carbonyl (C=O) groups excluding carboxylic acids is 3. The lowest BCUT2D eigenvalue weighted by Gasteiger charge is -2.50. The highest BCUT2D eigenvalue weighted by atomic mass is 32.2. The van der Waals surface area contributed by atoms with Crippen molar-refractivity contribution in [3.63, 3.8) is 0 Å². The van der Waals surface area contributed by atoms with Gasteiger partial charge in [0.25, 0.3) is 5.91 Å². The number of methoxy groups -OCH3 is 2. The van der Waals surface area contributed by atoms with Crippen LogP contribution in [0.15, 0.2) is 120 Å². The lowest BCUT2D eigenvalue weighted by Crippen LogP contribution is -2.70. The van der Waals surface area contributed by atoms with Gasteiger partial charge in [0.05, 0.1) is 20.6 Å². The van der Waals surface area contributed by atoms with Crippen LogP contribution in [0.2, 0.25) is 0 Å². The highest BCUT2D eigenvalue weighted by Gasteiger charge is 2.54. The minimum absolute atomic E-state index is 0.156. The Labute approximate surface area is 272 Å². The van der Waals surface area contributed by atoms with Gasteiger partial charge in [0, 0.05) is 17.7 Å². The van der Waals surface area contributed by atoms with Crippen molar-refractivity contribution in [2.45, 2.75) is 30.4 Å². The summed E-state index contributed by atoms with van der Waals surface area (Å²) >= 11 is 1.51. The van der Waals surface area contributed by atoms with Gasteiger partial charge in [-0.05, 0) is 40.5 Å². The third-order valence-corrected chi connectivity index (χ3v) is 9.43. The quantitative estimate of drug-likeness (QED) is 0.173. The van der Waals surface area contributed by atoms with Gasteiger partial charge < -0.3 is 19.5 Å². The predicted molar refractivity (Wildman–Crippen MR) is 176 cm³/mol. The van der Waals surface area contributed by atoms with Crippen LogP contribution in [0.1, 0.15) is 28.4 Å². The summed E-state index contributed by atoms with van der Waals surface area (Å²) in [6, 6.07) is 33.2. The largest absolute Gasteiger partial charge is 0.497 e. The van der Waals surface area contributed by atoms with E-state index in [9.17, 15) is 14.4 Å². The molecule has 0 radical (unpaired) electrons. The van der Waals surface area contributed by atoms with Crippen molar-refractivity contribution in [1.29, 1.82) is 0 Å². The molecule has 0 spiro atoms. The highest BCUT2D eigenvalue weighted by molar-refractivity contribution is 8.00. The molecule has 2 atom stereocenters. The third kappa shape index (κ3) is 6.50. The van der Waals surface area contributed by atoms with Crippen LogP contribution in [-0.2, 0) is 32.0 Å². The van der Waals surface area contributed by atoms with E-state index in [0.717, 1.165) is 27.8 Å². The van der Waals surface area contributed by atoms with Crippen molar-refractivity contribution in [1.82, 2.24) is 10.2 Å². The van der Waals surface area contributed by atoms with Crippen molar-refractivity contribution in [2.24, 2.45) is 0 Å². The number of hydrogen-bond donors (Lipinski definition) is 1. The molecule has 2 aliphatic heterocycles. The number of hydrogen-bond acceptors (Lipinski definition) is 7. The molecule has 0 saturated carbocycles. The zero-order valence-corrected chi connectivity index (χ0v) is 26.4. The number of ether oxygens (including phenoxy) is 3. The summed E-state index contributed by atoms with van der Waals surface area (Å²) in [7, 11) is 3.18. The maximum atomic E-state index is 14.3. The average molecular weight is 635 g/mol. The molecule has 1 saturated heterocycles. The molecule has 6 rings (SSSR count). The van der Waals surface area contributed by atoms with Crippen LogP contribution in [0, 0.1) is 0 Å². The topological polar surface area (TPSA) is 94.2 Å². The molecule has 0 aliphatic carbocycles. The number of nitrogens with zero attached hydrogens (tertiary/aromatic N) is 1. The second kappa shape index (κ2) is 14.0. The average Bonchev–Trinajstić information content (AvgIpc) is 3.10. The minimum atomic E-state index is -0.754. The highest BCUT2D eigenvalue weighted by Crippen LogP contribution is 2.43. The van der Waals surface area contributed by atoms with E-state index in [1.165, 1.54) is 16.7 Å². The normalized spacial score (nSPS) is 17.2. The number of fused-ring (bicyclic) bond motifs is 1. The number of esters is 1. The van der Waals surface area contributed by atoms with Gasteiger partial charge in [-0.1, -0.05) is 91.0 Å². The molecule has 1 fully saturated rings. The SMILES string of the molecule is COc1ccc(OC)c(CC2=C(C(=O)OC(c3ccccc3)c3ccccc3)N3C(=O)C(NC(=O)Cc4ccccc4)[C@H]3SC2)c1. The molecule has 8 nitrogen and oxygen atoms in total. The number of β-lactam (4-membered cyclic amide) rings is 1. The molecule has 0 aromatic heterocycles. The first-order valence-electron chi connectivity index (χ1n) is 15.0. The number of rotatable bonds is 11. The number of thioether (sulfide) groups is 1. The second-order valence-corrected chi connectivity index (χ2v) is 12.1. The smallest absolute Gasteiger partial charge is 0.356 e. The van der Waals surface area contributed by atoms with E-state index in [4.69, 9.17) is 14.2 Å². The lowest BCUT2D eigenvalue weighted by atomic mass is 9.97. The van der Waals surface area contributed by atoms with Gasteiger partial charge in [0.15, 0.2) is 6.10 Å². The van der Waals surface area contributed by atoms with Crippen molar-refractivity contribution in [3.8, 4) is 11.5 Å². The summed E-state index contributed by atoms with van der Waals surface area (Å²) in [5.41, 5.74) is 4.20. The molecule has 4 aromatic carbocycles. The number of amides is 2. The Bertz CT molecular complexity index is 1710. The number of nitrogens with one attached hydrogen (secondary N) is 1. The van der Waals surface area contributed by atoms with Crippen molar-refractivity contribution >= 4 is 29.5 Å². The predicted octanol–water partition coefficient (Wildman–Crippen LogP) is 5.48. The van der Waals surface area contributed by atoms with E-state index in [2.05, 4.69) is 5.32 Å². The summed E-state index contributed by atoms with van der Waals surface area (Å²) < 4.78 is 17.4. The Kier molecular flexibility index (Phi) is 9.40. The molecule has 9 heteroatoms. The van der Waals surface area contributed by atoms with Crippen LogP contribution in [0.25, 0.3) is 0 Å². The maximum Gasteiger partial charge on any atom is 0.356 e. The molecule has 234 valence electrons. The molecule has 0 bridgehead atoms. The van der Waals surface area contributed by atoms with Crippen LogP contribution in [0.3, 0.4) is 0 Å². The summed E-state index contributed by atoms with van der Waals surface area (Å²) in [6.45, 7) is 0. The molecular formula is C37H34N2O6S. The molecule has 2 aliphatic rings. The summed E-state index contributed by atoms with van der Waals surface area (Å²) in [5, 5.41) is 2.45. The van der Waals surface area contributed by atoms with Crippen LogP contribution in [0.4, 0.5) is 0 Å². The Morgan fingerprint density at radius 3 is 2.11 bits per heavy atom. The first-order valence-corrected chi connectivity index (χ1v) is 16.0. The molecular weight excluding hydrogens is 600 g/mol. The third-order valence-electron chi connectivity index (χ3n) is 8.09. The fraction of sp³-hybridized carbons (Fsp3) is 0.216. The Balaban J connectivity index is 1.33. The fourth-order valence-corrected chi connectivity index (χ4v) is 7.16. The Morgan fingerprint density at radius 1 is 0.870 bits per heavy atom. The number of carbonyl (C=O) groups is 3. The first kappa shape index (κ1) is 31.0. The molecule has 4 aromatic rings. The zero-order valence-electron chi connectivity index (χ0n) is 25.6. The van der Waals surface area contributed by atoms with Gasteiger partial charge in [-0.15, -0.1) is 11.8 Å². The van der Waals surface area contributed by atoms with Gasteiger partial charge in [0.1, 0.15) is 28.6 Å². The van der Waals surface area contributed by atoms with Crippen LogP contribution in [-0.4, -0.2) is 54.1 Å². The van der Waals surface area contributed by atoms with Crippen molar-refractivity contribution in [3.05, 3.63) is 143 Å². The fourth-order valence-electron chi connectivity index (χ4n) is 5.81.